The molecule has 0 amide bonds. The van der Waals surface area contributed by atoms with Crippen molar-refractivity contribution in [2.75, 3.05) is 0 Å². The molecule has 0 aromatic rings. The van der Waals surface area contributed by atoms with Crippen molar-refractivity contribution in [1.82, 2.24) is 0 Å². The van der Waals surface area contributed by atoms with E-state index < -0.39 is 16.8 Å². The van der Waals surface area contributed by atoms with Crippen molar-refractivity contribution in [2.45, 2.75) is 15.8 Å². The molecule has 0 aromatic carbocycles. The molecule has 0 saturated carbocycles. The Hall–Kier alpha value is 1.07. The van der Waals surface area contributed by atoms with E-state index in [4.69, 9.17) is 0 Å². The molecule has 0 spiro atoms. The van der Waals surface area contributed by atoms with E-state index >= 15 is 0 Å². The molecule has 11 heavy (non-hydrogen) atoms. The predicted molar refractivity (Wildman–Crippen MR) is 60.7 cm³/mol. The quantitative estimate of drug-likeness (QED) is 0.592. The van der Waals surface area contributed by atoms with Gasteiger partial charge in [-0.1, -0.05) is 0 Å². The van der Waals surface area contributed by atoms with Crippen LogP contribution >= 0.6 is 12.4 Å². The Morgan fingerprint density at radius 1 is 1.36 bits per heavy atom. The molecule has 0 bridgehead atoms. The number of halogens is 1. The minimum absolute atomic E-state index is 0. The maximum atomic E-state index is 2.62. The zero-order valence-electron chi connectivity index (χ0n) is 7.85. The van der Waals surface area contributed by atoms with Crippen molar-refractivity contribution < 1.29 is 16.8 Å². The fraction of sp³-hybridized carbons (Fsp3) is 0.429. The molecule has 0 heterocycles. The van der Waals surface area contributed by atoms with Crippen molar-refractivity contribution in [1.29, 1.82) is 0 Å². The van der Waals surface area contributed by atoms with Gasteiger partial charge in [0.15, 0.2) is 0 Å². The van der Waals surface area contributed by atoms with Crippen LogP contribution in [0.4, 0.5) is 0 Å². The van der Waals surface area contributed by atoms with Crippen molar-refractivity contribution in [3.63, 3.8) is 0 Å². The van der Waals surface area contributed by atoms with E-state index in [1.807, 2.05) is 3.33 Å². The third kappa shape index (κ3) is 3.53. The molecule has 0 radical (unpaired) electrons. The average Bonchev–Trinajstić information content (AvgIpc) is 2.04. The van der Waals surface area contributed by atoms with Crippen LogP contribution < -0.4 is 0 Å². The normalized spacial score (nSPS) is 20.5. The first-order chi connectivity index (χ1) is 4.36. The SMILES string of the molecule is Cl.[CH3][Hf]([CH3])([SiH3])([SiH3])[C]1=CC=CC1. The van der Waals surface area contributed by atoms with E-state index in [1.54, 1.807) is 0 Å². The molecule has 4 heteroatoms. The van der Waals surface area contributed by atoms with Crippen molar-refractivity contribution in [3.8, 4) is 0 Å². The van der Waals surface area contributed by atoms with Crippen LogP contribution in [0.1, 0.15) is 6.42 Å². The first-order valence-electron chi connectivity index (χ1n) is 3.97. The first-order valence-corrected chi connectivity index (χ1v) is 36.5. The van der Waals surface area contributed by atoms with Gasteiger partial charge >= 0.3 is 69.0 Å². The Bertz CT molecular complexity index is 203. The first kappa shape index (κ1) is 12.1. The second-order valence-electron chi connectivity index (χ2n) is 5.32. The maximum absolute atomic E-state index is 2.62. The molecule has 0 aromatic heterocycles. The van der Waals surface area contributed by atoms with Crippen molar-refractivity contribution >= 4 is 27.3 Å². The van der Waals surface area contributed by atoms with Crippen LogP contribution in [0.25, 0.3) is 0 Å². The summed E-state index contributed by atoms with van der Waals surface area (Å²) < 4.78 is 7.11. The summed E-state index contributed by atoms with van der Waals surface area (Å²) in [4.78, 5) is 0. The molecule has 0 atom stereocenters. The van der Waals surface area contributed by atoms with Gasteiger partial charge in [-0.25, -0.2) is 0 Å². The molecule has 0 saturated heterocycles. The molecular formula is C7H18ClHfSi2. The number of allylic oxidation sites excluding steroid dienone is 4. The Labute approximate surface area is 80.8 Å². The molecule has 1 aliphatic carbocycles. The summed E-state index contributed by atoms with van der Waals surface area (Å²) in [7, 11) is 3.01. The van der Waals surface area contributed by atoms with Crippen LogP contribution in [0.15, 0.2) is 21.6 Å². The molecule has 1 rings (SSSR count). The fourth-order valence-corrected chi connectivity index (χ4v) is 13.4. The zero-order chi connectivity index (χ0) is 7.85. The molecule has 0 fully saturated rings. The Balaban J connectivity index is 0.000001000. The van der Waals surface area contributed by atoms with Gasteiger partial charge in [-0.05, 0) is 0 Å². The summed E-state index contributed by atoms with van der Waals surface area (Å²) in [5.41, 5.74) is 0. The fourth-order valence-electron chi connectivity index (χ4n) is 1.19. The average molecular weight is 372 g/mol. The Morgan fingerprint density at radius 2 is 1.91 bits per heavy atom. The number of hydrogen-bond acceptors (Lipinski definition) is 0. The summed E-state index contributed by atoms with van der Waals surface area (Å²) in [6.07, 6.45) is 8.26. The van der Waals surface area contributed by atoms with Crippen LogP contribution in [-0.2, 0) is 16.8 Å². The zero-order valence-corrected chi connectivity index (χ0v) is 16.3. The second-order valence-corrected chi connectivity index (χ2v) is 110. The van der Waals surface area contributed by atoms with Gasteiger partial charge in [0.25, 0.3) is 0 Å². The standard InChI is InChI=1S/C5H5.2CH3.ClH.Hf.2H3Si/c1-2-4-5-3-1;;;;;;/h1-3H,4H2;2*1H3;1H;;2*1H3. The minimum atomic E-state index is -2.03. The molecule has 0 aliphatic heterocycles. The number of rotatable bonds is 1. The van der Waals surface area contributed by atoms with E-state index in [2.05, 4.69) is 27.6 Å². The van der Waals surface area contributed by atoms with E-state index in [9.17, 15) is 0 Å². The van der Waals surface area contributed by atoms with Crippen LogP contribution in [-0.4, -0.2) is 14.9 Å². The molecule has 0 nitrogen and oxygen atoms in total. The topological polar surface area (TPSA) is 0 Å². The molecular weight excluding hydrogens is 354 g/mol. The van der Waals surface area contributed by atoms with Gasteiger partial charge in [-0.15, -0.1) is 12.4 Å². The Kier molecular flexibility index (Phi) is 3.78. The van der Waals surface area contributed by atoms with Gasteiger partial charge in [-0.2, -0.15) is 0 Å². The number of hydrogen-bond donors (Lipinski definition) is 0. The summed E-state index contributed by atoms with van der Waals surface area (Å²) in [5.74, 6) is 0. The molecule has 0 N–H and O–H groups in total. The molecule has 0 unspecified atom stereocenters. The van der Waals surface area contributed by atoms with Gasteiger partial charge in [0, 0.05) is 0 Å². The predicted octanol–water partition coefficient (Wildman–Crippen LogP) is 0.599. The van der Waals surface area contributed by atoms with Crippen LogP contribution in [0, 0.1) is 0 Å². The van der Waals surface area contributed by atoms with Gasteiger partial charge in [0.1, 0.15) is 0 Å². The third-order valence-corrected chi connectivity index (χ3v) is 23.1. The second kappa shape index (κ2) is 3.44. The van der Waals surface area contributed by atoms with Crippen LogP contribution in [0.2, 0.25) is 9.36 Å². The van der Waals surface area contributed by atoms with Gasteiger partial charge in [-0.3, -0.25) is 0 Å². The monoisotopic (exact) mass is 373 g/mol. The Morgan fingerprint density at radius 3 is 2.09 bits per heavy atom. The van der Waals surface area contributed by atoms with Crippen molar-refractivity contribution in [3.05, 3.63) is 21.6 Å². The van der Waals surface area contributed by atoms with E-state index in [-0.39, 0.29) is 12.4 Å². The summed E-state index contributed by atoms with van der Waals surface area (Å²) in [5, 5.41) is 0. The van der Waals surface area contributed by atoms with E-state index in [1.165, 1.54) is 21.3 Å². The summed E-state index contributed by atoms with van der Waals surface area (Å²) in [6.45, 7) is 0. The van der Waals surface area contributed by atoms with Crippen LogP contribution in [0.3, 0.4) is 0 Å². The van der Waals surface area contributed by atoms with Crippen molar-refractivity contribution in [2.24, 2.45) is 0 Å². The van der Waals surface area contributed by atoms with Gasteiger partial charge < -0.3 is 0 Å². The van der Waals surface area contributed by atoms with Gasteiger partial charge in [0.2, 0.25) is 0 Å². The van der Waals surface area contributed by atoms with E-state index in [0.29, 0.717) is 0 Å². The summed E-state index contributed by atoms with van der Waals surface area (Å²) in [6, 6.07) is 0. The van der Waals surface area contributed by atoms with E-state index in [0.717, 1.165) is 0 Å². The third-order valence-electron chi connectivity index (χ3n) is 2.06. The van der Waals surface area contributed by atoms with Gasteiger partial charge in [0.05, 0.1) is 0 Å². The van der Waals surface area contributed by atoms with Crippen LogP contribution in [0.5, 0.6) is 0 Å². The molecule has 65 valence electrons. The molecule has 1 aliphatic rings. The summed E-state index contributed by atoms with van der Waals surface area (Å²) >= 11 is -2.03.